The number of rotatable bonds is 5. The first-order valence-electron chi connectivity index (χ1n) is 4.94. The average molecular weight is 208 g/mol. The second kappa shape index (κ2) is 5.46. The zero-order chi connectivity index (χ0) is 11.3. The van der Waals surface area contributed by atoms with Crippen LogP contribution in [0.5, 0.6) is 0 Å². The molecule has 1 aromatic heterocycles. The number of pyridine rings is 1. The van der Waals surface area contributed by atoms with Gasteiger partial charge in [-0.2, -0.15) is 0 Å². The third-order valence-electron chi connectivity index (χ3n) is 2.26. The van der Waals surface area contributed by atoms with Gasteiger partial charge < -0.3 is 10.4 Å². The van der Waals surface area contributed by atoms with Crippen LogP contribution in [0.4, 0.5) is 0 Å². The molecule has 0 saturated carbocycles. The zero-order valence-electron chi connectivity index (χ0n) is 9.03. The van der Waals surface area contributed by atoms with Gasteiger partial charge in [0.05, 0.1) is 6.42 Å². The Morgan fingerprint density at radius 3 is 3.00 bits per heavy atom. The quantitative estimate of drug-likeness (QED) is 0.766. The molecule has 0 fully saturated rings. The fourth-order valence-electron chi connectivity index (χ4n) is 1.32. The van der Waals surface area contributed by atoms with Crippen LogP contribution < -0.4 is 5.32 Å². The maximum atomic E-state index is 10.4. The maximum absolute atomic E-state index is 10.4. The molecule has 0 radical (unpaired) electrons. The summed E-state index contributed by atoms with van der Waals surface area (Å²) in [4.78, 5) is 14.4. The van der Waals surface area contributed by atoms with Gasteiger partial charge in [-0.15, -0.1) is 0 Å². The van der Waals surface area contributed by atoms with E-state index in [1.165, 1.54) is 0 Å². The Bertz CT molecular complexity index is 339. The highest BCUT2D eigenvalue weighted by molar-refractivity contribution is 5.67. The minimum absolute atomic E-state index is 0.0185. The van der Waals surface area contributed by atoms with E-state index in [-0.39, 0.29) is 12.5 Å². The molecule has 2 N–H and O–H groups in total. The Morgan fingerprint density at radius 2 is 2.40 bits per heavy atom. The third-order valence-corrected chi connectivity index (χ3v) is 2.26. The average Bonchev–Trinajstić information content (AvgIpc) is 2.15. The first kappa shape index (κ1) is 11.7. The standard InChI is InChI=1S/C11H16N2O2/c1-8-6-12-4-3-10(8)7-13-9(2)5-11(14)15/h3-4,6,9,13H,5,7H2,1-2H3,(H,14,15). The number of aromatic nitrogens is 1. The number of aliphatic carboxylic acids is 1. The van der Waals surface area contributed by atoms with Crippen LogP contribution in [-0.2, 0) is 11.3 Å². The molecule has 1 heterocycles. The van der Waals surface area contributed by atoms with Gasteiger partial charge in [-0.1, -0.05) is 0 Å². The van der Waals surface area contributed by atoms with E-state index in [9.17, 15) is 4.79 Å². The second-order valence-electron chi connectivity index (χ2n) is 3.68. The molecule has 15 heavy (non-hydrogen) atoms. The Morgan fingerprint density at radius 1 is 1.67 bits per heavy atom. The molecule has 1 unspecified atom stereocenters. The van der Waals surface area contributed by atoms with E-state index >= 15 is 0 Å². The van der Waals surface area contributed by atoms with Gasteiger partial charge in [0.2, 0.25) is 0 Å². The van der Waals surface area contributed by atoms with Gasteiger partial charge in [0.25, 0.3) is 0 Å². The molecule has 1 aromatic rings. The lowest BCUT2D eigenvalue weighted by molar-refractivity contribution is -0.137. The topological polar surface area (TPSA) is 62.2 Å². The lowest BCUT2D eigenvalue weighted by Crippen LogP contribution is -2.28. The van der Waals surface area contributed by atoms with E-state index in [4.69, 9.17) is 5.11 Å². The second-order valence-corrected chi connectivity index (χ2v) is 3.68. The Hall–Kier alpha value is -1.42. The minimum atomic E-state index is -0.776. The number of nitrogens with zero attached hydrogens (tertiary/aromatic N) is 1. The van der Waals surface area contributed by atoms with Crippen LogP contribution in [0, 0.1) is 6.92 Å². The van der Waals surface area contributed by atoms with Crippen LogP contribution in [0.2, 0.25) is 0 Å². The molecule has 0 aliphatic rings. The summed E-state index contributed by atoms with van der Waals surface area (Å²) in [6.07, 6.45) is 3.69. The molecular weight excluding hydrogens is 192 g/mol. The van der Waals surface area contributed by atoms with Crippen molar-refractivity contribution in [3.63, 3.8) is 0 Å². The fourth-order valence-corrected chi connectivity index (χ4v) is 1.32. The highest BCUT2D eigenvalue weighted by atomic mass is 16.4. The molecule has 0 bridgehead atoms. The van der Waals surface area contributed by atoms with Crippen LogP contribution in [0.3, 0.4) is 0 Å². The molecular formula is C11H16N2O2. The minimum Gasteiger partial charge on any atom is -0.481 e. The summed E-state index contributed by atoms with van der Waals surface area (Å²) in [5.74, 6) is -0.776. The van der Waals surface area contributed by atoms with Crippen molar-refractivity contribution in [1.29, 1.82) is 0 Å². The summed E-state index contributed by atoms with van der Waals surface area (Å²) < 4.78 is 0. The molecule has 0 aromatic carbocycles. The van der Waals surface area contributed by atoms with Crippen LogP contribution in [-0.4, -0.2) is 22.1 Å². The van der Waals surface area contributed by atoms with Crippen molar-refractivity contribution >= 4 is 5.97 Å². The summed E-state index contributed by atoms with van der Waals surface area (Å²) in [6.45, 7) is 4.54. The number of carbonyl (C=O) groups is 1. The van der Waals surface area contributed by atoms with Crippen LogP contribution in [0.1, 0.15) is 24.5 Å². The van der Waals surface area contributed by atoms with E-state index in [1.807, 2.05) is 19.9 Å². The van der Waals surface area contributed by atoms with Crippen molar-refractivity contribution in [2.45, 2.75) is 32.9 Å². The molecule has 0 amide bonds. The Balaban J connectivity index is 2.43. The first-order valence-corrected chi connectivity index (χ1v) is 4.94. The fraction of sp³-hybridized carbons (Fsp3) is 0.455. The van der Waals surface area contributed by atoms with Gasteiger partial charge in [0.15, 0.2) is 0 Å². The van der Waals surface area contributed by atoms with Crippen molar-refractivity contribution in [1.82, 2.24) is 10.3 Å². The summed E-state index contributed by atoms with van der Waals surface area (Å²) in [5, 5.41) is 11.7. The monoisotopic (exact) mass is 208 g/mol. The lowest BCUT2D eigenvalue weighted by Gasteiger charge is -2.12. The number of nitrogens with one attached hydrogen (secondary N) is 1. The number of carboxylic acids is 1. The summed E-state index contributed by atoms with van der Waals surface area (Å²) in [5.41, 5.74) is 2.27. The van der Waals surface area contributed by atoms with Gasteiger partial charge in [-0.05, 0) is 31.0 Å². The largest absolute Gasteiger partial charge is 0.481 e. The van der Waals surface area contributed by atoms with Gasteiger partial charge in [0, 0.05) is 25.0 Å². The predicted octanol–water partition coefficient (Wildman–Crippen LogP) is 1.34. The predicted molar refractivity (Wildman–Crippen MR) is 57.5 cm³/mol. The van der Waals surface area contributed by atoms with Crippen LogP contribution in [0.25, 0.3) is 0 Å². The molecule has 82 valence electrons. The highest BCUT2D eigenvalue weighted by Gasteiger charge is 2.07. The zero-order valence-corrected chi connectivity index (χ0v) is 9.03. The molecule has 1 rings (SSSR count). The van der Waals surface area contributed by atoms with Crippen molar-refractivity contribution in [3.05, 3.63) is 29.6 Å². The molecule has 0 aliphatic heterocycles. The van der Waals surface area contributed by atoms with Crippen LogP contribution in [0.15, 0.2) is 18.5 Å². The molecule has 0 saturated heterocycles. The van der Waals surface area contributed by atoms with E-state index in [0.29, 0.717) is 6.54 Å². The number of hydrogen-bond acceptors (Lipinski definition) is 3. The molecule has 1 atom stereocenters. The maximum Gasteiger partial charge on any atom is 0.304 e. The lowest BCUT2D eigenvalue weighted by atomic mass is 10.1. The SMILES string of the molecule is Cc1cnccc1CNC(C)CC(=O)O. The number of aryl methyl sites for hydroxylation is 1. The van der Waals surface area contributed by atoms with Gasteiger partial charge in [0.1, 0.15) is 0 Å². The van der Waals surface area contributed by atoms with E-state index in [2.05, 4.69) is 10.3 Å². The normalized spacial score (nSPS) is 12.4. The smallest absolute Gasteiger partial charge is 0.304 e. The molecule has 4 heteroatoms. The number of hydrogen-bond donors (Lipinski definition) is 2. The van der Waals surface area contributed by atoms with Crippen molar-refractivity contribution in [3.8, 4) is 0 Å². The molecule has 0 aliphatic carbocycles. The van der Waals surface area contributed by atoms with Gasteiger partial charge in [-0.3, -0.25) is 9.78 Å². The number of carboxylic acid groups (broad SMARTS) is 1. The van der Waals surface area contributed by atoms with E-state index < -0.39 is 5.97 Å². The Kier molecular flexibility index (Phi) is 4.24. The van der Waals surface area contributed by atoms with Gasteiger partial charge >= 0.3 is 5.97 Å². The molecule has 0 spiro atoms. The summed E-state index contributed by atoms with van der Waals surface area (Å²) in [6, 6.07) is 1.92. The van der Waals surface area contributed by atoms with Crippen molar-refractivity contribution < 1.29 is 9.90 Å². The van der Waals surface area contributed by atoms with E-state index in [1.54, 1.807) is 12.4 Å². The van der Waals surface area contributed by atoms with Crippen LogP contribution >= 0.6 is 0 Å². The summed E-state index contributed by atoms with van der Waals surface area (Å²) >= 11 is 0. The third kappa shape index (κ3) is 4.08. The first-order chi connectivity index (χ1) is 7.09. The van der Waals surface area contributed by atoms with Crippen molar-refractivity contribution in [2.24, 2.45) is 0 Å². The molecule has 4 nitrogen and oxygen atoms in total. The van der Waals surface area contributed by atoms with E-state index in [0.717, 1.165) is 11.1 Å². The Labute approximate surface area is 89.3 Å². The van der Waals surface area contributed by atoms with Crippen molar-refractivity contribution in [2.75, 3.05) is 0 Å². The summed E-state index contributed by atoms with van der Waals surface area (Å²) in [7, 11) is 0. The van der Waals surface area contributed by atoms with Gasteiger partial charge in [-0.25, -0.2) is 0 Å². The highest BCUT2D eigenvalue weighted by Crippen LogP contribution is 2.05.